The van der Waals surface area contributed by atoms with E-state index >= 15 is 0 Å². The lowest BCUT2D eigenvalue weighted by Gasteiger charge is -2.40. The molecule has 0 bridgehead atoms. The predicted molar refractivity (Wildman–Crippen MR) is 72.5 cm³/mol. The zero-order chi connectivity index (χ0) is 12.5. The molecule has 1 aliphatic carbocycles. The van der Waals surface area contributed by atoms with E-state index in [-0.39, 0.29) is 11.6 Å². The number of nitrogens with two attached hydrogens (primary N) is 1. The maximum atomic E-state index is 5.89. The Morgan fingerprint density at radius 2 is 2.00 bits per heavy atom. The monoisotopic (exact) mass is 234 g/mol. The Bertz CT molecular complexity index is 397. The maximum Gasteiger partial charge on any atom is 0.123 e. The predicted octanol–water partition coefficient (Wildman–Crippen LogP) is 3.41. The van der Waals surface area contributed by atoms with Crippen molar-refractivity contribution in [1.82, 2.24) is 0 Å². The number of benzene rings is 1. The second-order valence-electron chi connectivity index (χ2n) is 5.50. The first-order valence-corrected chi connectivity index (χ1v) is 6.32. The fourth-order valence-electron chi connectivity index (χ4n) is 2.22. The van der Waals surface area contributed by atoms with E-state index in [1.807, 2.05) is 32.0 Å². The standard InChI is InChI=1S/C14H22N2O/c1-10(2)17-13-8-11(15)7-12(9-13)16-14(3)5-4-6-14/h7-10,16H,4-6,15H2,1-3H3. The summed E-state index contributed by atoms with van der Waals surface area (Å²) in [6.45, 7) is 6.29. The summed E-state index contributed by atoms with van der Waals surface area (Å²) in [5, 5.41) is 3.55. The molecule has 0 atom stereocenters. The first-order chi connectivity index (χ1) is 7.97. The highest BCUT2D eigenvalue weighted by Gasteiger charge is 2.31. The smallest absolute Gasteiger partial charge is 0.123 e. The van der Waals surface area contributed by atoms with Gasteiger partial charge in [0, 0.05) is 29.0 Å². The van der Waals surface area contributed by atoms with Gasteiger partial charge in [0.2, 0.25) is 0 Å². The van der Waals surface area contributed by atoms with Crippen molar-refractivity contribution in [3.8, 4) is 5.75 Å². The lowest BCUT2D eigenvalue weighted by molar-refractivity contribution is 0.242. The molecule has 1 aromatic carbocycles. The van der Waals surface area contributed by atoms with Crippen molar-refractivity contribution in [3.63, 3.8) is 0 Å². The van der Waals surface area contributed by atoms with Gasteiger partial charge in [-0.3, -0.25) is 0 Å². The molecular weight excluding hydrogens is 212 g/mol. The minimum absolute atomic E-state index is 0.170. The van der Waals surface area contributed by atoms with Crippen molar-refractivity contribution in [1.29, 1.82) is 0 Å². The van der Waals surface area contributed by atoms with Crippen molar-refractivity contribution < 1.29 is 4.74 Å². The van der Waals surface area contributed by atoms with Crippen LogP contribution in [0.3, 0.4) is 0 Å². The SMILES string of the molecule is CC(C)Oc1cc(N)cc(NC2(C)CCC2)c1. The van der Waals surface area contributed by atoms with Gasteiger partial charge in [-0.15, -0.1) is 0 Å². The number of rotatable bonds is 4. The number of ether oxygens (including phenoxy) is 1. The highest BCUT2D eigenvalue weighted by atomic mass is 16.5. The van der Waals surface area contributed by atoms with Crippen LogP contribution in [0.25, 0.3) is 0 Å². The fourth-order valence-corrected chi connectivity index (χ4v) is 2.22. The van der Waals surface area contributed by atoms with Crippen LogP contribution < -0.4 is 15.8 Å². The van der Waals surface area contributed by atoms with Crippen LogP contribution in [0, 0.1) is 0 Å². The second kappa shape index (κ2) is 4.47. The quantitative estimate of drug-likeness (QED) is 0.785. The molecule has 3 N–H and O–H groups in total. The summed E-state index contributed by atoms with van der Waals surface area (Å²) >= 11 is 0. The van der Waals surface area contributed by atoms with Crippen molar-refractivity contribution in [2.75, 3.05) is 11.1 Å². The molecule has 3 heteroatoms. The van der Waals surface area contributed by atoms with Gasteiger partial charge < -0.3 is 15.8 Å². The van der Waals surface area contributed by atoms with Crippen LogP contribution in [0.2, 0.25) is 0 Å². The Labute approximate surface area is 103 Å². The zero-order valence-corrected chi connectivity index (χ0v) is 10.9. The molecule has 94 valence electrons. The molecule has 1 fully saturated rings. The summed E-state index contributed by atoms with van der Waals surface area (Å²) in [5.41, 5.74) is 7.93. The third-order valence-electron chi connectivity index (χ3n) is 3.20. The van der Waals surface area contributed by atoms with Gasteiger partial charge in [-0.2, -0.15) is 0 Å². The highest BCUT2D eigenvalue weighted by Crippen LogP contribution is 2.36. The molecule has 2 rings (SSSR count). The summed E-state index contributed by atoms with van der Waals surface area (Å²) in [4.78, 5) is 0. The summed E-state index contributed by atoms with van der Waals surface area (Å²) in [5.74, 6) is 0.838. The van der Waals surface area contributed by atoms with E-state index in [1.54, 1.807) is 0 Å². The lowest BCUT2D eigenvalue weighted by Crippen LogP contribution is -2.41. The summed E-state index contributed by atoms with van der Waals surface area (Å²) in [7, 11) is 0. The van der Waals surface area contributed by atoms with E-state index < -0.39 is 0 Å². The topological polar surface area (TPSA) is 47.3 Å². The molecule has 3 nitrogen and oxygen atoms in total. The van der Waals surface area contributed by atoms with E-state index in [1.165, 1.54) is 19.3 Å². The third-order valence-corrected chi connectivity index (χ3v) is 3.20. The van der Waals surface area contributed by atoms with Gasteiger partial charge >= 0.3 is 0 Å². The van der Waals surface area contributed by atoms with E-state index in [4.69, 9.17) is 10.5 Å². The van der Waals surface area contributed by atoms with Crippen molar-refractivity contribution in [2.24, 2.45) is 0 Å². The molecule has 1 aliphatic rings. The van der Waals surface area contributed by atoms with Crippen molar-refractivity contribution in [2.45, 2.75) is 51.7 Å². The summed E-state index contributed by atoms with van der Waals surface area (Å²) in [6, 6.07) is 5.87. The van der Waals surface area contributed by atoms with Crippen LogP contribution in [0.1, 0.15) is 40.0 Å². The van der Waals surface area contributed by atoms with Crippen LogP contribution in [-0.4, -0.2) is 11.6 Å². The van der Waals surface area contributed by atoms with Gasteiger partial charge in [-0.1, -0.05) is 0 Å². The number of nitrogens with one attached hydrogen (secondary N) is 1. The Morgan fingerprint density at radius 1 is 1.29 bits per heavy atom. The largest absolute Gasteiger partial charge is 0.491 e. The molecular formula is C14H22N2O. The Kier molecular flexibility index (Phi) is 3.18. The molecule has 0 radical (unpaired) electrons. The van der Waals surface area contributed by atoms with Crippen LogP contribution in [-0.2, 0) is 0 Å². The third kappa shape index (κ3) is 3.05. The Hall–Kier alpha value is -1.38. The van der Waals surface area contributed by atoms with Gasteiger partial charge in [0.1, 0.15) is 5.75 Å². The lowest BCUT2D eigenvalue weighted by atomic mass is 9.78. The average molecular weight is 234 g/mol. The van der Waals surface area contributed by atoms with E-state index in [0.29, 0.717) is 0 Å². The summed E-state index contributed by atoms with van der Waals surface area (Å²) in [6.07, 6.45) is 3.93. The first kappa shape index (κ1) is 12.1. The van der Waals surface area contributed by atoms with Gasteiger partial charge in [0.15, 0.2) is 0 Å². The number of hydrogen-bond donors (Lipinski definition) is 2. The highest BCUT2D eigenvalue weighted by molar-refractivity contribution is 5.60. The molecule has 17 heavy (non-hydrogen) atoms. The molecule has 0 saturated heterocycles. The van der Waals surface area contributed by atoms with Crippen LogP contribution in [0.5, 0.6) is 5.75 Å². The molecule has 0 unspecified atom stereocenters. The zero-order valence-electron chi connectivity index (χ0n) is 10.9. The first-order valence-electron chi connectivity index (χ1n) is 6.32. The molecule has 1 aromatic rings. The maximum absolute atomic E-state index is 5.89. The number of hydrogen-bond acceptors (Lipinski definition) is 3. The Morgan fingerprint density at radius 3 is 2.53 bits per heavy atom. The van der Waals surface area contributed by atoms with Crippen molar-refractivity contribution in [3.05, 3.63) is 18.2 Å². The van der Waals surface area contributed by atoms with Gasteiger partial charge in [-0.25, -0.2) is 0 Å². The average Bonchev–Trinajstić information content (AvgIpc) is 2.12. The molecule has 0 amide bonds. The van der Waals surface area contributed by atoms with E-state index in [2.05, 4.69) is 12.2 Å². The number of nitrogen functional groups attached to an aromatic ring is 1. The van der Waals surface area contributed by atoms with Gasteiger partial charge in [0.25, 0.3) is 0 Å². The molecule has 0 aliphatic heterocycles. The number of anilines is 2. The molecule has 1 saturated carbocycles. The van der Waals surface area contributed by atoms with Crippen LogP contribution in [0.4, 0.5) is 11.4 Å². The molecule has 0 heterocycles. The van der Waals surface area contributed by atoms with Gasteiger partial charge in [0.05, 0.1) is 6.10 Å². The van der Waals surface area contributed by atoms with Crippen LogP contribution in [0.15, 0.2) is 18.2 Å². The minimum atomic E-state index is 0.170. The van der Waals surface area contributed by atoms with Crippen molar-refractivity contribution >= 4 is 11.4 Å². The van der Waals surface area contributed by atoms with E-state index in [0.717, 1.165) is 17.1 Å². The fraction of sp³-hybridized carbons (Fsp3) is 0.571. The van der Waals surface area contributed by atoms with Gasteiger partial charge in [-0.05, 0) is 46.1 Å². The second-order valence-corrected chi connectivity index (χ2v) is 5.50. The molecule has 0 aromatic heterocycles. The Balaban J connectivity index is 2.13. The normalized spacial score (nSPS) is 17.6. The van der Waals surface area contributed by atoms with E-state index in [9.17, 15) is 0 Å². The minimum Gasteiger partial charge on any atom is -0.491 e. The summed E-state index contributed by atoms with van der Waals surface area (Å²) < 4.78 is 5.68. The molecule has 0 spiro atoms. The van der Waals surface area contributed by atoms with Crippen LogP contribution >= 0.6 is 0 Å².